The molecule has 0 bridgehead atoms. The summed E-state index contributed by atoms with van der Waals surface area (Å²) in [5, 5.41) is 3.85. The first-order chi connectivity index (χ1) is 14.2. The second-order valence-electron chi connectivity index (χ2n) is 7.66. The van der Waals surface area contributed by atoms with Crippen molar-refractivity contribution in [2.45, 2.75) is 51.5 Å². The zero-order valence-corrected chi connectivity index (χ0v) is 18.3. The molecular weight excluding hydrogens is 402 g/mol. The summed E-state index contributed by atoms with van der Waals surface area (Å²) in [5.74, 6) is 1.36. The van der Waals surface area contributed by atoms with Gasteiger partial charge in [0.15, 0.2) is 9.84 Å². The summed E-state index contributed by atoms with van der Waals surface area (Å²) in [4.78, 5) is 22.2. The SMILES string of the molecule is Cc1nc(C2CCCC2)nc(Oc2ccccc2)c1C(=O)NC(C)/C=C/S(C)(=O)=O. The molecule has 1 unspecified atom stereocenters. The topological polar surface area (TPSA) is 98.2 Å². The zero-order chi connectivity index (χ0) is 21.7. The quantitative estimate of drug-likeness (QED) is 0.716. The second-order valence-corrected chi connectivity index (χ2v) is 9.60. The molecule has 1 saturated carbocycles. The Balaban J connectivity index is 1.92. The summed E-state index contributed by atoms with van der Waals surface area (Å²) in [6, 6.07) is 8.67. The van der Waals surface area contributed by atoms with Gasteiger partial charge in [-0.05, 0) is 38.8 Å². The van der Waals surface area contributed by atoms with Crippen LogP contribution in [-0.2, 0) is 9.84 Å². The maximum absolute atomic E-state index is 13.0. The number of para-hydroxylation sites is 1. The molecule has 1 aromatic heterocycles. The molecule has 30 heavy (non-hydrogen) atoms. The minimum absolute atomic E-state index is 0.215. The first-order valence-electron chi connectivity index (χ1n) is 10.0. The normalized spacial score (nSPS) is 16.0. The van der Waals surface area contributed by atoms with Crippen LogP contribution in [0.2, 0.25) is 0 Å². The number of hydrogen-bond acceptors (Lipinski definition) is 6. The fourth-order valence-electron chi connectivity index (χ4n) is 3.46. The molecule has 3 rings (SSSR count). The van der Waals surface area contributed by atoms with Crippen LogP contribution >= 0.6 is 0 Å². The molecule has 1 aliphatic rings. The number of benzene rings is 1. The van der Waals surface area contributed by atoms with Gasteiger partial charge in [-0.15, -0.1) is 0 Å². The Morgan fingerprint density at radius 2 is 1.87 bits per heavy atom. The van der Waals surface area contributed by atoms with Gasteiger partial charge in [-0.2, -0.15) is 4.98 Å². The number of nitrogens with one attached hydrogen (secondary N) is 1. The number of nitrogens with zero attached hydrogens (tertiary/aromatic N) is 2. The number of amides is 1. The maximum atomic E-state index is 13.0. The molecular formula is C22H27N3O4S. The lowest BCUT2D eigenvalue weighted by atomic mass is 10.1. The summed E-state index contributed by atoms with van der Waals surface area (Å²) in [6.07, 6.45) is 6.88. The molecule has 2 aromatic rings. The Morgan fingerprint density at radius 1 is 1.20 bits per heavy atom. The summed E-state index contributed by atoms with van der Waals surface area (Å²) in [6.45, 7) is 3.46. The van der Waals surface area contributed by atoms with Crippen LogP contribution in [0, 0.1) is 6.92 Å². The zero-order valence-electron chi connectivity index (χ0n) is 17.5. The molecule has 0 radical (unpaired) electrons. The number of ether oxygens (including phenoxy) is 1. The van der Waals surface area contributed by atoms with E-state index in [-0.39, 0.29) is 17.4 Å². The first-order valence-corrected chi connectivity index (χ1v) is 12.0. The smallest absolute Gasteiger partial charge is 0.259 e. The van der Waals surface area contributed by atoms with Gasteiger partial charge in [0.25, 0.3) is 5.91 Å². The highest BCUT2D eigenvalue weighted by atomic mass is 32.2. The summed E-state index contributed by atoms with van der Waals surface area (Å²) >= 11 is 0. The average Bonchev–Trinajstić information content (AvgIpc) is 3.21. The van der Waals surface area contributed by atoms with Crippen molar-refractivity contribution in [3.05, 3.63) is 58.9 Å². The highest BCUT2D eigenvalue weighted by molar-refractivity contribution is 7.93. The Hall–Kier alpha value is -2.74. The van der Waals surface area contributed by atoms with Gasteiger partial charge in [0.2, 0.25) is 5.88 Å². The highest BCUT2D eigenvalue weighted by Crippen LogP contribution is 2.34. The highest BCUT2D eigenvalue weighted by Gasteiger charge is 2.26. The summed E-state index contributed by atoms with van der Waals surface area (Å²) in [5.41, 5.74) is 0.787. The van der Waals surface area contributed by atoms with E-state index < -0.39 is 21.8 Å². The van der Waals surface area contributed by atoms with E-state index in [9.17, 15) is 13.2 Å². The molecule has 8 heteroatoms. The van der Waals surface area contributed by atoms with Crippen LogP contribution in [0.25, 0.3) is 0 Å². The third kappa shape index (κ3) is 5.89. The summed E-state index contributed by atoms with van der Waals surface area (Å²) < 4.78 is 28.6. The predicted molar refractivity (Wildman–Crippen MR) is 115 cm³/mol. The first kappa shape index (κ1) is 22.0. The molecule has 1 amide bonds. The molecule has 0 aliphatic heterocycles. The minimum atomic E-state index is -3.27. The molecule has 1 N–H and O–H groups in total. The average molecular weight is 430 g/mol. The van der Waals surface area contributed by atoms with Crippen molar-refractivity contribution in [2.24, 2.45) is 0 Å². The van der Waals surface area contributed by atoms with Crippen LogP contribution in [-0.4, -0.2) is 36.6 Å². The van der Waals surface area contributed by atoms with Gasteiger partial charge in [-0.25, -0.2) is 13.4 Å². The largest absolute Gasteiger partial charge is 0.438 e. The van der Waals surface area contributed by atoms with Crippen LogP contribution in [0.5, 0.6) is 11.6 Å². The molecule has 0 spiro atoms. The Bertz CT molecular complexity index is 1030. The van der Waals surface area contributed by atoms with Crippen LogP contribution in [0.3, 0.4) is 0 Å². The Kier molecular flexibility index (Phi) is 6.87. The van der Waals surface area contributed by atoms with Crippen molar-refractivity contribution in [1.29, 1.82) is 0 Å². The van der Waals surface area contributed by atoms with E-state index in [1.807, 2.05) is 18.2 Å². The van der Waals surface area contributed by atoms with Gasteiger partial charge < -0.3 is 10.1 Å². The van der Waals surface area contributed by atoms with E-state index in [1.165, 1.54) is 6.08 Å². The molecule has 1 aromatic carbocycles. The standard InChI is InChI=1S/C22H27N3O4S/c1-15(13-14-30(3,27)28)23-21(26)19-16(2)24-20(17-9-7-8-10-17)25-22(19)29-18-11-5-4-6-12-18/h4-6,11-15,17H,7-10H2,1-3H3,(H,23,26)/b14-13+. The lowest BCUT2D eigenvalue weighted by molar-refractivity contribution is 0.0942. The Morgan fingerprint density at radius 3 is 2.50 bits per heavy atom. The number of carbonyl (C=O) groups excluding carboxylic acids is 1. The fraction of sp³-hybridized carbons (Fsp3) is 0.409. The van der Waals surface area contributed by atoms with Crippen molar-refractivity contribution in [3.63, 3.8) is 0 Å². The van der Waals surface area contributed by atoms with Crippen LogP contribution in [0.1, 0.15) is 60.4 Å². The number of carbonyl (C=O) groups is 1. The van der Waals surface area contributed by atoms with Gasteiger partial charge in [-0.1, -0.05) is 37.1 Å². The number of rotatable bonds is 7. The fourth-order valence-corrected chi connectivity index (χ4v) is 3.98. The second kappa shape index (κ2) is 9.38. The lowest BCUT2D eigenvalue weighted by Gasteiger charge is -2.17. The molecule has 1 fully saturated rings. The molecule has 0 saturated heterocycles. The van der Waals surface area contributed by atoms with E-state index in [0.29, 0.717) is 17.3 Å². The van der Waals surface area contributed by atoms with Crippen LogP contribution in [0.4, 0.5) is 0 Å². The third-order valence-electron chi connectivity index (χ3n) is 4.95. The summed E-state index contributed by atoms with van der Waals surface area (Å²) in [7, 11) is -3.27. The van der Waals surface area contributed by atoms with E-state index in [4.69, 9.17) is 4.74 Å². The number of hydrogen-bond donors (Lipinski definition) is 1. The number of aryl methyl sites for hydroxylation is 1. The molecule has 1 aliphatic carbocycles. The molecule has 1 atom stereocenters. The van der Waals surface area contributed by atoms with Crippen molar-refractivity contribution in [2.75, 3.05) is 6.26 Å². The van der Waals surface area contributed by atoms with Gasteiger partial charge in [0, 0.05) is 23.6 Å². The predicted octanol–water partition coefficient (Wildman–Crippen LogP) is 3.91. The minimum Gasteiger partial charge on any atom is -0.438 e. The van der Waals surface area contributed by atoms with Crippen molar-refractivity contribution < 1.29 is 17.9 Å². The van der Waals surface area contributed by atoms with Crippen molar-refractivity contribution >= 4 is 15.7 Å². The molecule has 7 nitrogen and oxygen atoms in total. The van der Waals surface area contributed by atoms with E-state index >= 15 is 0 Å². The van der Waals surface area contributed by atoms with Gasteiger partial charge in [0.1, 0.15) is 17.1 Å². The van der Waals surface area contributed by atoms with Crippen LogP contribution in [0.15, 0.2) is 41.8 Å². The van der Waals surface area contributed by atoms with E-state index in [2.05, 4.69) is 15.3 Å². The van der Waals surface area contributed by atoms with E-state index in [1.54, 1.807) is 26.0 Å². The van der Waals surface area contributed by atoms with Crippen molar-refractivity contribution in [1.82, 2.24) is 15.3 Å². The molecule has 160 valence electrons. The van der Waals surface area contributed by atoms with Gasteiger partial charge in [-0.3, -0.25) is 4.79 Å². The van der Waals surface area contributed by atoms with Gasteiger partial charge >= 0.3 is 0 Å². The lowest BCUT2D eigenvalue weighted by Crippen LogP contribution is -2.32. The Labute approximate surface area is 177 Å². The third-order valence-corrected chi connectivity index (χ3v) is 5.60. The van der Waals surface area contributed by atoms with E-state index in [0.717, 1.165) is 37.3 Å². The number of sulfone groups is 1. The number of aromatic nitrogens is 2. The van der Waals surface area contributed by atoms with Crippen LogP contribution < -0.4 is 10.1 Å². The molecule has 1 heterocycles. The van der Waals surface area contributed by atoms with Gasteiger partial charge in [0.05, 0.1) is 5.69 Å². The maximum Gasteiger partial charge on any atom is 0.259 e. The monoisotopic (exact) mass is 429 g/mol. The van der Waals surface area contributed by atoms with Crippen molar-refractivity contribution in [3.8, 4) is 11.6 Å².